The largest absolute Gasteiger partial charge is 0.477 e. The van der Waals surface area contributed by atoms with Crippen molar-refractivity contribution in [3.63, 3.8) is 0 Å². The van der Waals surface area contributed by atoms with Gasteiger partial charge >= 0.3 is 5.97 Å². The van der Waals surface area contributed by atoms with E-state index in [9.17, 15) is 9.90 Å². The van der Waals surface area contributed by atoms with Crippen molar-refractivity contribution >= 4 is 22.6 Å². The van der Waals surface area contributed by atoms with Gasteiger partial charge in [0.2, 0.25) is 0 Å². The molecule has 0 radical (unpaired) electrons. The molecule has 0 bridgehead atoms. The van der Waals surface area contributed by atoms with Crippen LogP contribution < -0.4 is 10.6 Å². The molecule has 20 heavy (non-hydrogen) atoms. The van der Waals surface area contributed by atoms with Crippen LogP contribution in [0.1, 0.15) is 16.1 Å². The first-order valence-corrected chi connectivity index (χ1v) is 6.28. The molecule has 4 heteroatoms. The maximum absolute atomic E-state index is 11.5. The Morgan fingerprint density at radius 3 is 2.60 bits per heavy atom. The standard InChI is InChI=1S/C16H10N2O2/c19-16(20)15-13(9-5-1-3-7-11(9)18-15)14-10-6-2-4-8-12(10)17-14/h1-8,18H,(H,19,20). The molecule has 0 saturated carbocycles. The van der Waals surface area contributed by atoms with Crippen LogP contribution in [0.25, 0.3) is 16.6 Å². The number of aromatic nitrogens is 1. The third-order valence-electron chi connectivity index (χ3n) is 3.55. The van der Waals surface area contributed by atoms with E-state index in [1.807, 2.05) is 48.5 Å². The molecule has 96 valence electrons. The van der Waals surface area contributed by atoms with Gasteiger partial charge in [-0.2, -0.15) is 0 Å². The van der Waals surface area contributed by atoms with Crippen LogP contribution in [-0.4, -0.2) is 16.1 Å². The molecular weight excluding hydrogens is 252 g/mol. The molecule has 0 atom stereocenters. The highest BCUT2D eigenvalue weighted by atomic mass is 16.4. The van der Waals surface area contributed by atoms with Gasteiger partial charge in [0, 0.05) is 21.7 Å². The van der Waals surface area contributed by atoms with Gasteiger partial charge in [-0.3, -0.25) is 0 Å². The summed E-state index contributed by atoms with van der Waals surface area (Å²) in [5.74, 6) is -0.969. The molecule has 0 spiro atoms. The van der Waals surface area contributed by atoms with Crippen LogP contribution in [0.2, 0.25) is 0 Å². The smallest absolute Gasteiger partial charge is 0.353 e. The summed E-state index contributed by atoms with van der Waals surface area (Å²) in [4.78, 5) is 18.9. The molecule has 0 saturated heterocycles. The van der Waals surface area contributed by atoms with Crippen molar-refractivity contribution in [3.8, 4) is 0 Å². The zero-order chi connectivity index (χ0) is 13.7. The third kappa shape index (κ3) is 1.36. The number of carboxylic acid groups (broad SMARTS) is 1. The van der Waals surface area contributed by atoms with E-state index < -0.39 is 5.97 Å². The van der Waals surface area contributed by atoms with Crippen molar-refractivity contribution in [1.29, 1.82) is 0 Å². The lowest BCUT2D eigenvalue weighted by Gasteiger charge is -2.10. The number of carbonyl (C=O) groups is 1. The first kappa shape index (κ1) is 11.0. The minimum Gasteiger partial charge on any atom is -0.477 e. The third-order valence-corrected chi connectivity index (χ3v) is 3.55. The Morgan fingerprint density at radius 1 is 1.05 bits per heavy atom. The van der Waals surface area contributed by atoms with Crippen molar-refractivity contribution in [2.24, 2.45) is 4.99 Å². The maximum atomic E-state index is 11.5. The van der Waals surface area contributed by atoms with Gasteiger partial charge in [0.15, 0.2) is 0 Å². The second-order valence-electron chi connectivity index (χ2n) is 4.70. The Hall–Kier alpha value is -2.88. The zero-order valence-electron chi connectivity index (χ0n) is 10.4. The second kappa shape index (κ2) is 3.81. The normalized spacial score (nSPS) is 12.7. The molecule has 0 aliphatic carbocycles. The van der Waals surface area contributed by atoms with E-state index in [1.54, 1.807) is 0 Å². The van der Waals surface area contributed by atoms with Crippen molar-refractivity contribution in [2.75, 3.05) is 0 Å². The molecule has 1 aliphatic rings. The Kier molecular flexibility index (Phi) is 2.09. The fraction of sp³-hybridized carbons (Fsp3) is 0. The van der Waals surface area contributed by atoms with Crippen molar-refractivity contribution < 1.29 is 9.90 Å². The van der Waals surface area contributed by atoms with E-state index in [2.05, 4.69) is 9.98 Å². The first-order valence-electron chi connectivity index (χ1n) is 6.28. The number of hydrogen-bond donors (Lipinski definition) is 2. The fourth-order valence-electron chi connectivity index (χ4n) is 2.64. The van der Waals surface area contributed by atoms with Gasteiger partial charge in [0.05, 0.1) is 11.1 Å². The number of aromatic carboxylic acids is 1. The Morgan fingerprint density at radius 2 is 1.80 bits per heavy atom. The summed E-state index contributed by atoms with van der Waals surface area (Å²) in [6, 6.07) is 15.3. The number of carboxylic acids is 1. The lowest BCUT2D eigenvalue weighted by Crippen LogP contribution is -2.35. The van der Waals surface area contributed by atoms with E-state index >= 15 is 0 Å². The highest BCUT2D eigenvalue weighted by Crippen LogP contribution is 2.29. The number of H-pyrrole nitrogens is 1. The van der Waals surface area contributed by atoms with E-state index in [4.69, 9.17) is 0 Å². The summed E-state index contributed by atoms with van der Waals surface area (Å²) in [6.45, 7) is 0. The van der Waals surface area contributed by atoms with Gasteiger partial charge in [-0.1, -0.05) is 36.4 Å². The summed E-state index contributed by atoms with van der Waals surface area (Å²) in [5, 5.41) is 12.2. The van der Waals surface area contributed by atoms with Crippen LogP contribution in [0.3, 0.4) is 0 Å². The molecule has 0 unspecified atom stereocenters. The second-order valence-corrected chi connectivity index (χ2v) is 4.70. The quantitative estimate of drug-likeness (QED) is 0.737. The molecule has 1 aromatic heterocycles. The van der Waals surface area contributed by atoms with E-state index in [-0.39, 0.29) is 5.69 Å². The molecule has 0 fully saturated rings. The number of nitrogens with zero attached hydrogens (tertiary/aromatic N) is 1. The highest BCUT2D eigenvalue weighted by molar-refractivity contribution is 6.04. The summed E-state index contributed by atoms with van der Waals surface area (Å²) in [6.07, 6.45) is 0. The number of nitrogens with one attached hydrogen (secondary N) is 1. The van der Waals surface area contributed by atoms with Crippen LogP contribution in [0, 0.1) is 0 Å². The molecule has 2 aromatic carbocycles. The molecule has 3 aromatic rings. The highest BCUT2D eigenvalue weighted by Gasteiger charge is 2.22. The predicted molar refractivity (Wildman–Crippen MR) is 75.0 cm³/mol. The molecule has 1 aliphatic heterocycles. The average Bonchev–Trinajstić information content (AvgIpc) is 2.80. The minimum absolute atomic E-state index is 0.194. The Balaban J connectivity index is 2.12. The monoisotopic (exact) mass is 262 g/mol. The molecule has 0 amide bonds. The summed E-state index contributed by atoms with van der Waals surface area (Å²) >= 11 is 0. The van der Waals surface area contributed by atoms with Crippen LogP contribution >= 0.6 is 0 Å². The van der Waals surface area contributed by atoms with Crippen molar-refractivity contribution in [1.82, 2.24) is 4.98 Å². The summed E-state index contributed by atoms with van der Waals surface area (Å²) < 4.78 is 0. The summed E-state index contributed by atoms with van der Waals surface area (Å²) in [7, 11) is 0. The van der Waals surface area contributed by atoms with Gasteiger partial charge < -0.3 is 10.1 Å². The Labute approximate surface area is 113 Å². The number of para-hydroxylation sites is 2. The number of hydrogen-bond acceptors (Lipinski definition) is 2. The van der Waals surface area contributed by atoms with Gasteiger partial charge in [-0.25, -0.2) is 9.79 Å². The molecular formula is C16H10N2O2. The van der Waals surface area contributed by atoms with Crippen LogP contribution in [0.15, 0.2) is 53.5 Å². The predicted octanol–water partition coefficient (Wildman–Crippen LogP) is 1.66. The molecule has 4 rings (SSSR count). The number of fused-ring (bicyclic) bond motifs is 2. The number of rotatable bonds is 2. The Bertz CT molecular complexity index is 983. The van der Waals surface area contributed by atoms with Crippen molar-refractivity contribution in [2.45, 2.75) is 0 Å². The van der Waals surface area contributed by atoms with Gasteiger partial charge in [0.25, 0.3) is 0 Å². The molecule has 2 heterocycles. The fourth-order valence-corrected chi connectivity index (χ4v) is 2.64. The number of aromatic amines is 1. The van der Waals surface area contributed by atoms with Crippen LogP contribution in [0.4, 0.5) is 0 Å². The SMILES string of the molecule is O=C(O)c1[nH]c2ccccc2c1C1=c2ccccc2=N1. The van der Waals surface area contributed by atoms with Crippen LogP contribution in [0.5, 0.6) is 0 Å². The molecule has 4 nitrogen and oxygen atoms in total. The van der Waals surface area contributed by atoms with Crippen LogP contribution in [-0.2, 0) is 0 Å². The minimum atomic E-state index is -0.969. The lowest BCUT2D eigenvalue weighted by atomic mass is 10.0. The summed E-state index contributed by atoms with van der Waals surface area (Å²) in [5.41, 5.74) is 2.42. The van der Waals surface area contributed by atoms with Gasteiger partial charge in [0.1, 0.15) is 5.69 Å². The average molecular weight is 262 g/mol. The topological polar surface area (TPSA) is 65.4 Å². The first-order chi connectivity index (χ1) is 9.75. The number of benzene rings is 2. The zero-order valence-corrected chi connectivity index (χ0v) is 10.4. The van der Waals surface area contributed by atoms with E-state index in [1.165, 1.54) is 0 Å². The van der Waals surface area contributed by atoms with E-state index in [0.717, 1.165) is 27.2 Å². The maximum Gasteiger partial charge on any atom is 0.353 e. The van der Waals surface area contributed by atoms with E-state index in [0.29, 0.717) is 5.56 Å². The van der Waals surface area contributed by atoms with Gasteiger partial charge in [-0.15, -0.1) is 0 Å². The van der Waals surface area contributed by atoms with Crippen molar-refractivity contribution in [3.05, 3.63) is 70.4 Å². The molecule has 2 N–H and O–H groups in total. The van der Waals surface area contributed by atoms with Gasteiger partial charge in [-0.05, 0) is 12.1 Å². The lowest BCUT2D eigenvalue weighted by molar-refractivity contribution is 0.0691.